The molecule has 2 aromatic carbocycles. The molecule has 0 unspecified atom stereocenters. The summed E-state index contributed by atoms with van der Waals surface area (Å²) in [6.07, 6.45) is 0.772. The Morgan fingerprint density at radius 2 is 1.91 bits per heavy atom. The molecule has 0 heterocycles. The minimum atomic E-state index is -0.898. The lowest BCUT2D eigenvalue weighted by atomic mass is 10.1. The van der Waals surface area contributed by atoms with Gasteiger partial charge in [0.1, 0.15) is 0 Å². The SMILES string of the molecule is Cc1ccccc1CCNC(=O)CSc1ccc(F)c(F)c1. The van der Waals surface area contributed by atoms with E-state index in [2.05, 4.69) is 5.32 Å². The third-order valence-corrected chi connectivity index (χ3v) is 4.23. The lowest BCUT2D eigenvalue weighted by molar-refractivity contribution is -0.118. The Bertz CT molecular complexity index is 661. The van der Waals surface area contributed by atoms with E-state index in [0.717, 1.165) is 18.6 Å². The Hall–Kier alpha value is -1.88. The van der Waals surface area contributed by atoms with Crippen LogP contribution in [0, 0.1) is 18.6 Å². The van der Waals surface area contributed by atoms with Gasteiger partial charge < -0.3 is 5.32 Å². The Kier molecular flexibility index (Phi) is 5.95. The summed E-state index contributed by atoms with van der Waals surface area (Å²) in [6.45, 7) is 2.60. The Labute approximate surface area is 132 Å². The molecule has 0 aliphatic rings. The normalized spacial score (nSPS) is 10.5. The van der Waals surface area contributed by atoms with Gasteiger partial charge in [0.2, 0.25) is 5.91 Å². The molecule has 0 saturated carbocycles. The van der Waals surface area contributed by atoms with Crippen LogP contribution in [0.4, 0.5) is 8.78 Å². The summed E-state index contributed by atoms with van der Waals surface area (Å²) in [5.41, 5.74) is 2.41. The molecule has 0 aromatic heterocycles. The summed E-state index contributed by atoms with van der Waals surface area (Å²) in [7, 11) is 0. The molecule has 116 valence electrons. The molecule has 2 rings (SSSR count). The minimum Gasteiger partial charge on any atom is -0.355 e. The van der Waals surface area contributed by atoms with Gasteiger partial charge in [-0.2, -0.15) is 0 Å². The highest BCUT2D eigenvalue weighted by Crippen LogP contribution is 2.20. The number of carbonyl (C=O) groups excluding carboxylic acids is 1. The number of thioether (sulfide) groups is 1. The number of aryl methyl sites for hydroxylation is 1. The quantitative estimate of drug-likeness (QED) is 0.822. The Morgan fingerprint density at radius 1 is 1.14 bits per heavy atom. The summed E-state index contributed by atoms with van der Waals surface area (Å²) in [5.74, 6) is -1.72. The molecule has 2 nitrogen and oxygen atoms in total. The van der Waals surface area contributed by atoms with Gasteiger partial charge in [-0.3, -0.25) is 4.79 Å². The minimum absolute atomic E-state index is 0.122. The average molecular weight is 321 g/mol. The van der Waals surface area contributed by atoms with Crippen LogP contribution in [0.3, 0.4) is 0 Å². The fourth-order valence-electron chi connectivity index (χ4n) is 1.99. The fourth-order valence-corrected chi connectivity index (χ4v) is 2.74. The van der Waals surface area contributed by atoms with Crippen molar-refractivity contribution in [2.75, 3.05) is 12.3 Å². The van der Waals surface area contributed by atoms with E-state index < -0.39 is 11.6 Å². The van der Waals surface area contributed by atoms with Crippen molar-refractivity contribution in [3.63, 3.8) is 0 Å². The van der Waals surface area contributed by atoms with Crippen molar-refractivity contribution in [2.24, 2.45) is 0 Å². The second-order valence-electron chi connectivity index (χ2n) is 4.89. The van der Waals surface area contributed by atoms with E-state index in [9.17, 15) is 13.6 Å². The molecule has 0 spiro atoms. The monoisotopic (exact) mass is 321 g/mol. The van der Waals surface area contributed by atoms with Crippen LogP contribution in [-0.4, -0.2) is 18.2 Å². The van der Waals surface area contributed by atoms with E-state index in [-0.39, 0.29) is 11.7 Å². The standard InChI is InChI=1S/C17H17F2NOS/c1-12-4-2-3-5-13(12)8-9-20-17(21)11-22-14-6-7-15(18)16(19)10-14/h2-7,10H,8-9,11H2,1H3,(H,20,21). The van der Waals surface area contributed by atoms with Gasteiger partial charge in [0.05, 0.1) is 5.75 Å². The Morgan fingerprint density at radius 3 is 2.64 bits per heavy atom. The Balaban J connectivity index is 1.74. The number of amides is 1. The van der Waals surface area contributed by atoms with Crippen LogP contribution in [-0.2, 0) is 11.2 Å². The van der Waals surface area contributed by atoms with Gasteiger partial charge in [0.25, 0.3) is 0 Å². The highest BCUT2D eigenvalue weighted by molar-refractivity contribution is 8.00. The van der Waals surface area contributed by atoms with Crippen molar-refractivity contribution >= 4 is 17.7 Å². The van der Waals surface area contributed by atoms with Crippen molar-refractivity contribution in [3.8, 4) is 0 Å². The largest absolute Gasteiger partial charge is 0.355 e. The molecule has 22 heavy (non-hydrogen) atoms. The predicted molar refractivity (Wildman–Crippen MR) is 85.0 cm³/mol. The first-order chi connectivity index (χ1) is 10.6. The molecule has 0 saturated heterocycles. The van der Waals surface area contributed by atoms with Crippen molar-refractivity contribution in [2.45, 2.75) is 18.2 Å². The summed E-state index contributed by atoms with van der Waals surface area (Å²) >= 11 is 1.18. The summed E-state index contributed by atoms with van der Waals surface area (Å²) in [4.78, 5) is 12.3. The molecule has 0 radical (unpaired) electrons. The van der Waals surface area contributed by atoms with Gasteiger partial charge in [-0.15, -0.1) is 11.8 Å². The predicted octanol–water partition coefficient (Wildman–Crippen LogP) is 3.72. The zero-order chi connectivity index (χ0) is 15.9. The van der Waals surface area contributed by atoms with Crippen molar-refractivity contribution in [3.05, 3.63) is 65.2 Å². The van der Waals surface area contributed by atoms with Crippen LogP contribution < -0.4 is 5.32 Å². The second-order valence-corrected chi connectivity index (χ2v) is 5.94. The van der Waals surface area contributed by atoms with Gasteiger partial charge >= 0.3 is 0 Å². The van der Waals surface area contributed by atoms with Gasteiger partial charge in [-0.05, 0) is 42.7 Å². The highest BCUT2D eigenvalue weighted by atomic mass is 32.2. The van der Waals surface area contributed by atoms with E-state index in [1.165, 1.54) is 29.0 Å². The summed E-state index contributed by atoms with van der Waals surface area (Å²) in [5, 5.41) is 2.83. The van der Waals surface area contributed by atoms with Crippen LogP contribution >= 0.6 is 11.8 Å². The molecule has 1 N–H and O–H groups in total. The van der Waals surface area contributed by atoms with Crippen LogP contribution in [0.5, 0.6) is 0 Å². The maximum absolute atomic E-state index is 13.0. The molecule has 0 aliphatic heterocycles. The summed E-state index contributed by atoms with van der Waals surface area (Å²) in [6, 6.07) is 11.7. The van der Waals surface area contributed by atoms with Crippen LogP contribution in [0.1, 0.15) is 11.1 Å². The van der Waals surface area contributed by atoms with E-state index in [4.69, 9.17) is 0 Å². The van der Waals surface area contributed by atoms with Gasteiger partial charge in [0.15, 0.2) is 11.6 Å². The third kappa shape index (κ3) is 4.84. The van der Waals surface area contributed by atoms with E-state index in [1.807, 2.05) is 31.2 Å². The number of hydrogen-bond donors (Lipinski definition) is 1. The molecule has 0 atom stereocenters. The van der Waals surface area contributed by atoms with Gasteiger partial charge in [0, 0.05) is 11.4 Å². The van der Waals surface area contributed by atoms with E-state index in [0.29, 0.717) is 11.4 Å². The number of nitrogens with one attached hydrogen (secondary N) is 1. The molecule has 0 aliphatic carbocycles. The van der Waals surface area contributed by atoms with E-state index in [1.54, 1.807) is 0 Å². The second kappa shape index (κ2) is 7.94. The van der Waals surface area contributed by atoms with Crippen molar-refractivity contribution in [1.29, 1.82) is 0 Å². The summed E-state index contributed by atoms with van der Waals surface area (Å²) < 4.78 is 25.8. The first-order valence-electron chi connectivity index (χ1n) is 6.95. The molecular formula is C17H17F2NOS. The molecule has 2 aromatic rings. The maximum atomic E-state index is 13.0. The number of rotatable bonds is 6. The van der Waals surface area contributed by atoms with Crippen LogP contribution in [0.15, 0.2) is 47.4 Å². The topological polar surface area (TPSA) is 29.1 Å². The first-order valence-corrected chi connectivity index (χ1v) is 7.94. The van der Waals surface area contributed by atoms with Crippen molar-refractivity contribution in [1.82, 2.24) is 5.32 Å². The number of benzene rings is 2. The fraction of sp³-hybridized carbons (Fsp3) is 0.235. The lowest BCUT2D eigenvalue weighted by Gasteiger charge is -2.07. The zero-order valence-electron chi connectivity index (χ0n) is 12.2. The third-order valence-electron chi connectivity index (χ3n) is 3.24. The maximum Gasteiger partial charge on any atom is 0.230 e. The lowest BCUT2D eigenvalue weighted by Crippen LogP contribution is -2.27. The average Bonchev–Trinajstić information content (AvgIpc) is 2.50. The van der Waals surface area contributed by atoms with Crippen LogP contribution in [0.25, 0.3) is 0 Å². The smallest absolute Gasteiger partial charge is 0.230 e. The molecule has 0 fully saturated rings. The van der Waals surface area contributed by atoms with E-state index >= 15 is 0 Å². The molecule has 1 amide bonds. The van der Waals surface area contributed by atoms with Crippen molar-refractivity contribution < 1.29 is 13.6 Å². The molecular weight excluding hydrogens is 304 g/mol. The first kappa shape index (κ1) is 16.5. The molecule has 5 heteroatoms. The van der Waals surface area contributed by atoms with Crippen LogP contribution in [0.2, 0.25) is 0 Å². The number of halogens is 2. The van der Waals surface area contributed by atoms with Gasteiger partial charge in [-0.1, -0.05) is 24.3 Å². The number of carbonyl (C=O) groups is 1. The van der Waals surface area contributed by atoms with Gasteiger partial charge in [-0.25, -0.2) is 8.78 Å². The molecule has 0 bridgehead atoms. The number of hydrogen-bond acceptors (Lipinski definition) is 2. The zero-order valence-corrected chi connectivity index (χ0v) is 13.1. The highest BCUT2D eigenvalue weighted by Gasteiger charge is 2.06.